The lowest BCUT2D eigenvalue weighted by Crippen LogP contribution is -2.15. The van der Waals surface area contributed by atoms with E-state index in [1.165, 1.54) is 34.0 Å². The monoisotopic (exact) mass is 461 g/mol. The maximum Gasteiger partial charge on any atom is 0.357 e. The van der Waals surface area contributed by atoms with Gasteiger partial charge in [0.05, 0.1) is 47.1 Å². The van der Waals surface area contributed by atoms with E-state index in [0.29, 0.717) is 24.2 Å². The smallest absolute Gasteiger partial charge is 0.357 e. The molecule has 0 unspecified atom stereocenters. The van der Waals surface area contributed by atoms with E-state index in [9.17, 15) is 19.2 Å². The van der Waals surface area contributed by atoms with Gasteiger partial charge in [-0.2, -0.15) is 0 Å². The fourth-order valence-corrected chi connectivity index (χ4v) is 7.46. The van der Waals surface area contributed by atoms with Crippen LogP contribution in [-0.2, 0) is 0 Å². The summed E-state index contributed by atoms with van der Waals surface area (Å²) in [6.45, 7) is 0. The van der Waals surface area contributed by atoms with Crippen molar-refractivity contribution in [2.45, 2.75) is 0 Å². The van der Waals surface area contributed by atoms with Crippen LogP contribution in [0.15, 0.2) is 23.6 Å². The molecule has 22 heavy (non-hydrogen) atoms. The summed E-state index contributed by atoms with van der Waals surface area (Å²) in [7, 11) is 0. The number of thiophene rings is 3. The van der Waals surface area contributed by atoms with Crippen molar-refractivity contribution < 1.29 is 4.42 Å². The average molecular weight is 461 g/mol. The number of nitrogens with zero attached hydrogens (tertiary/aromatic N) is 1. The Morgan fingerprint density at radius 3 is 2.00 bits per heavy atom. The van der Waals surface area contributed by atoms with Gasteiger partial charge in [-0.3, -0.25) is 9.59 Å². The van der Waals surface area contributed by atoms with Gasteiger partial charge in [-0.1, -0.05) is 0 Å². The molecule has 0 N–H and O–H groups in total. The van der Waals surface area contributed by atoms with Gasteiger partial charge in [0, 0.05) is 0 Å². The number of fused-ring (bicyclic) bond motifs is 7. The highest BCUT2D eigenvalue weighted by Gasteiger charge is 2.25. The van der Waals surface area contributed by atoms with E-state index in [2.05, 4.69) is 4.42 Å². The first kappa shape index (κ1) is 13.1. The normalized spacial score (nSPS) is 12.6. The van der Waals surface area contributed by atoms with Crippen molar-refractivity contribution in [2.24, 2.45) is 0 Å². The van der Waals surface area contributed by atoms with Crippen molar-refractivity contribution in [3.8, 4) is 0 Å². The molecule has 0 aliphatic carbocycles. The van der Waals surface area contributed by atoms with Crippen LogP contribution in [0, 0.1) is 0 Å². The third kappa shape index (κ3) is 1.30. The van der Waals surface area contributed by atoms with Crippen LogP contribution >= 0.6 is 56.9 Å². The summed E-state index contributed by atoms with van der Waals surface area (Å²) in [4.78, 5) is 47.7. The third-order valence-corrected chi connectivity index (χ3v) is 8.35. The van der Waals surface area contributed by atoms with E-state index < -0.39 is 11.3 Å². The summed E-state index contributed by atoms with van der Waals surface area (Å²) in [5.41, 5.74) is -1.93. The maximum absolute atomic E-state index is 12.2. The molecule has 6 nitrogen and oxygen atoms in total. The SMILES string of the molecule is O=c1oc(=O)c2c1sc1c3sc4c(=O)n(I)c(=O)c4c3sc12. The average Bonchev–Trinajstić information content (AvgIpc) is 3.18. The quantitative estimate of drug-likeness (QED) is 0.331. The van der Waals surface area contributed by atoms with Gasteiger partial charge in [0.2, 0.25) is 0 Å². The molecule has 5 rings (SSSR count). The predicted octanol–water partition coefficient (Wildman–Crippen LogP) is 2.39. The molecule has 0 aromatic carbocycles. The fourth-order valence-electron chi connectivity index (χ4n) is 2.56. The zero-order valence-corrected chi connectivity index (χ0v) is 14.7. The van der Waals surface area contributed by atoms with Crippen LogP contribution in [0.4, 0.5) is 0 Å². The lowest BCUT2D eigenvalue weighted by atomic mass is 10.3. The number of hydrogen-bond donors (Lipinski definition) is 0. The summed E-state index contributed by atoms with van der Waals surface area (Å²) < 4.78 is 9.32. The lowest BCUT2D eigenvalue weighted by Gasteiger charge is -1.79. The summed E-state index contributed by atoms with van der Waals surface area (Å²) >= 11 is 5.37. The maximum atomic E-state index is 12.2. The topological polar surface area (TPSA) is 86.3 Å². The number of rotatable bonds is 0. The summed E-state index contributed by atoms with van der Waals surface area (Å²) in [6.07, 6.45) is 0. The van der Waals surface area contributed by atoms with E-state index in [1.54, 1.807) is 22.9 Å². The number of furan rings is 1. The molecule has 10 heteroatoms. The van der Waals surface area contributed by atoms with Gasteiger partial charge in [0.15, 0.2) is 0 Å². The minimum atomic E-state index is -0.644. The third-order valence-electron chi connectivity index (χ3n) is 3.48. The Bertz CT molecular complexity index is 1470. The zero-order valence-electron chi connectivity index (χ0n) is 10.1. The van der Waals surface area contributed by atoms with E-state index in [1.807, 2.05) is 0 Å². The number of halogens is 1. The van der Waals surface area contributed by atoms with Crippen LogP contribution in [0.1, 0.15) is 0 Å². The minimum absolute atomic E-state index is 0.287. The van der Waals surface area contributed by atoms with E-state index >= 15 is 0 Å². The lowest BCUT2D eigenvalue weighted by molar-refractivity contribution is 0.500. The summed E-state index contributed by atoms with van der Waals surface area (Å²) in [6, 6.07) is 0. The molecular formula is C12INO5S3. The molecule has 0 aliphatic rings. The summed E-state index contributed by atoms with van der Waals surface area (Å²) in [5.74, 6) is 0. The van der Waals surface area contributed by atoms with Gasteiger partial charge in [-0.15, -0.1) is 34.0 Å². The Kier molecular flexibility index (Phi) is 2.34. The van der Waals surface area contributed by atoms with Crippen molar-refractivity contribution in [2.75, 3.05) is 0 Å². The Morgan fingerprint density at radius 1 is 0.682 bits per heavy atom. The minimum Gasteiger partial charge on any atom is -0.385 e. The predicted molar refractivity (Wildman–Crippen MR) is 97.2 cm³/mol. The van der Waals surface area contributed by atoms with Crippen molar-refractivity contribution >= 4 is 95.8 Å². The standard InChI is InChI=1S/C12INO5S3/c13-14-9(15)1-3-7(21-5(1)10(14)16)8-4(20-3)2-6(22-8)12(18)19-11(2)17. The second-order valence-corrected chi connectivity index (χ2v) is 8.63. The molecule has 5 heterocycles. The molecule has 5 aromatic heterocycles. The van der Waals surface area contributed by atoms with Crippen LogP contribution < -0.4 is 22.4 Å². The molecule has 0 aliphatic heterocycles. The van der Waals surface area contributed by atoms with Crippen LogP contribution in [0.5, 0.6) is 0 Å². The highest BCUT2D eigenvalue weighted by molar-refractivity contribution is 14.1. The molecule has 0 saturated carbocycles. The Morgan fingerprint density at radius 2 is 1.27 bits per heavy atom. The van der Waals surface area contributed by atoms with Crippen molar-refractivity contribution in [3.63, 3.8) is 0 Å². The Balaban J connectivity index is 2.16. The largest absolute Gasteiger partial charge is 0.385 e. The number of hydrogen-bond acceptors (Lipinski definition) is 8. The zero-order chi connectivity index (χ0) is 15.3. The number of aromatic nitrogens is 1. The molecule has 0 atom stereocenters. The molecule has 0 radical (unpaired) electrons. The second kappa shape index (κ2) is 3.93. The van der Waals surface area contributed by atoms with Crippen molar-refractivity contribution in [3.05, 3.63) is 41.5 Å². The van der Waals surface area contributed by atoms with Gasteiger partial charge in [0.1, 0.15) is 14.8 Å². The van der Waals surface area contributed by atoms with E-state index in [-0.39, 0.29) is 16.5 Å². The first-order valence-corrected chi connectivity index (χ1v) is 9.23. The molecule has 0 bridgehead atoms. The van der Waals surface area contributed by atoms with E-state index in [0.717, 1.165) is 12.2 Å². The first-order chi connectivity index (χ1) is 10.5. The van der Waals surface area contributed by atoms with Crippen molar-refractivity contribution in [1.82, 2.24) is 2.78 Å². The molecule has 0 saturated heterocycles. The fraction of sp³-hybridized carbons (Fsp3) is 0. The highest BCUT2D eigenvalue weighted by Crippen LogP contribution is 2.47. The van der Waals surface area contributed by atoms with Gasteiger partial charge in [-0.05, 0) is 0 Å². The molecule has 5 aromatic rings. The highest BCUT2D eigenvalue weighted by atomic mass is 127. The van der Waals surface area contributed by atoms with Gasteiger partial charge in [0.25, 0.3) is 11.1 Å². The van der Waals surface area contributed by atoms with Gasteiger partial charge >= 0.3 is 11.3 Å². The van der Waals surface area contributed by atoms with Crippen molar-refractivity contribution in [1.29, 1.82) is 0 Å². The molecule has 0 fully saturated rings. The Labute approximate surface area is 144 Å². The second-order valence-electron chi connectivity index (χ2n) is 4.60. The molecule has 108 valence electrons. The first-order valence-electron chi connectivity index (χ1n) is 5.82. The van der Waals surface area contributed by atoms with Crippen LogP contribution in [0.2, 0.25) is 0 Å². The van der Waals surface area contributed by atoms with Gasteiger partial charge in [-0.25, -0.2) is 12.4 Å². The van der Waals surface area contributed by atoms with Gasteiger partial charge < -0.3 is 4.42 Å². The Hall–Kier alpha value is -1.37. The molecular weight excluding hydrogens is 461 g/mol. The van der Waals surface area contributed by atoms with Crippen LogP contribution in [-0.4, -0.2) is 2.78 Å². The van der Waals surface area contributed by atoms with Crippen LogP contribution in [0.25, 0.3) is 39.0 Å². The summed E-state index contributed by atoms with van der Waals surface area (Å²) in [5, 5.41) is 0.689. The molecule has 0 amide bonds. The van der Waals surface area contributed by atoms with Crippen LogP contribution in [0.3, 0.4) is 0 Å². The molecule has 0 spiro atoms. The van der Waals surface area contributed by atoms with E-state index in [4.69, 9.17) is 0 Å².